The van der Waals surface area contributed by atoms with E-state index < -0.39 is 0 Å². The summed E-state index contributed by atoms with van der Waals surface area (Å²) < 4.78 is 5.37. The highest BCUT2D eigenvalue weighted by molar-refractivity contribution is 5.46. The molecule has 1 heterocycles. The van der Waals surface area contributed by atoms with E-state index in [2.05, 4.69) is 6.07 Å². The Bertz CT molecular complexity index is 376. The molecular weight excluding hydrogens is 162 g/mol. The molecule has 66 valence electrons. The molecule has 1 aliphatic rings. The van der Waals surface area contributed by atoms with Crippen molar-refractivity contribution in [2.45, 2.75) is 20.0 Å². The molecule has 0 bridgehead atoms. The third kappa shape index (κ3) is 1.32. The molecule has 0 unspecified atom stereocenters. The van der Waals surface area contributed by atoms with Gasteiger partial charge in [-0.1, -0.05) is 6.07 Å². The second kappa shape index (κ2) is 3.20. The van der Waals surface area contributed by atoms with Gasteiger partial charge >= 0.3 is 0 Å². The van der Waals surface area contributed by atoms with Gasteiger partial charge in [0, 0.05) is 0 Å². The summed E-state index contributed by atoms with van der Waals surface area (Å²) in [5.74, 6) is 0. The number of hydrogen-bond acceptors (Lipinski definition) is 2. The molecule has 0 saturated carbocycles. The molecule has 2 heteroatoms. The van der Waals surface area contributed by atoms with E-state index in [4.69, 9.17) is 10.00 Å². The predicted molar refractivity (Wildman–Crippen MR) is 49.3 cm³/mol. The van der Waals surface area contributed by atoms with Crippen LogP contribution >= 0.6 is 0 Å². The van der Waals surface area contributed by atoms with Crippen LogP contribution in [0.5, 0.6) is 0 Å². The molecule has 0 amide bonds. The van der Waals surface area contributed by atoms with E-state index in [0.29, 0.717) is 6.61 Å². The van der Waals surface area contributed by atoms with Gasteiger partial charge in [0.1, 0.15) is 0 Å². The van der Waals surface area contributed by atoms with Crippen LogP contribution in [0.4, 0.5) is 0 Å². The molecule has 0 saturated heterocycles. The monoisotopic (exact) mass is 173 g/mol. The maximum absolute atomic E-state index is 8.83. The van der Waals surface area contributed by atoms with Crippen LogP contribution in [-0.4, -0.2) is 6.61 Å². The van der Waals surface area contributed by atoms with Crippen LogP contribution in [0.1, 0.15) is 22.3 Å². The van der Waals surface area contributed by atoms with E-state index in [1.807, 2.05) is 19.1 Å². The van der Waals surface area contributed by atoms with Crippen molar-refractivity contribution in [3.05, 3.63) is 34.4 Å². The standard InChI is InChI=1S/C11H11NO/c1-8-10(6-12)3-2-9-4-5-13-7-11(8)9/h2-3H,4-5,7H2,1H3. The molecule has 1 aromatic carbocycles. The normalized spacial score (nSPS) is 14.8. The number of ether oxygens (including phenoxy) is 1. The molecule has 0 aliphatic carbocycles. The summed E-state index contributed by atoms with van der Waals surface area (Å²) in [7, 11) is 0. The van der Waals surface area contributed by atoms with Crippen LogP contribution in [0.25, 0.3) is 0 Å². The first-order chi connectivity index (χ1) is 6.33. The van der Waals surface area contributed by atoms with Crippen molar-refractivity contribution in [3.8, 4) is 6.07 Å². The Hall–Kier alpha value is -1.33. The molecule has 0 radical (unpaired) electrons. The summed E-state index contributed by atoms with van der Waals surface area (Å²) >= 11 is 0. The average molecular weight is 173 g/mol. The first-order valence-electron chi connectivity index (χ1n) is 4.42. The number of nitrogens with zero attached hydrogens (tertiary/aromatic N) is 1. The fraction of sp³-hybridized carbons (Fsp3) is 0.364. The number of benzene rings is 1. The summed E-state index contributed by atoms with van der Waals surface area (Å²) in [5.41, 5.74) is 4.40. The molecule has 1 aliphatic heterocycles. The van der Waals surface area contributed by atoms with Gasteiger partial charge in [-0.05, 0) is 36.1 Å². The Labute approximate surface area is 77.8 Å². The summed E-state index contributed by atoms with van der Waals surface area (Å²) in [4.78, 5) is 0. The zero-order valence-electron chi connectivity index (χ0n) is 7.63. The lowest BCUT2D eigenvalue weighted by molar-refractivity contribution is 0.110. The minimum Gasteiger partial charge on any atom is -0.376 e. The van der Waals surface area contributed by atoms with Gasteiger partial charge in [0.25, 0.3) is 0 Å². The van der Waals surface area contributed by atoms with Crippen molar-refractivity contribution >= 4 is 0 Å². The molecule has 0 aromatic heterocycles. The second-order valence-electron chi connectivity index (χ2n) is 3.29. The lowest BCUT2D eigenvalue weighted by Gasteiger charge is -2.18. The Kier molecular flexibility index (Phi) is 2.03. The van der Waals surface area contributed by atoms with Crippen molar-refractivity contribution in [2.75, 3.05) is 6.61 Å². The van der Waals surface area contributed by atoms with Gasteiger partial charge in [0.2, 0.25) is 0 Å². The van der Waals surface area contributed by atoms with E-state index in [0.717, 1.165) is 24.2 Å². The Morgan fingerprint density at radius 3 is 3.08 bits per heavy atom. The van der Waals surface area contributed by atoms with E-state index in [-0.39, 0.29) is 0 Å². The minimum atomic E-state index is 0.663. The molecular formula is C11H11NO. The summed E-state index contributed by atoms with van der Waals surface area (Å²) in [5, 5.41) is 8.83. The van der Waals surface area contributed by atoms with E-state index in [1.54, 1.807) is 0 Å². The Morgan fingerprint density at radius 2 is 2.31 bits per heavy atom. The van der Waals surface area contributed by atoms with Crippen molar-refractivity contribution in [1.82, 2.24) is 0 Å². The quantitative estimate of drug-likeness (QED) is 0.600. The molecule has 0 spiro atoms. The Balaban J connectivity index is 2.56. The van der Waals surface area contributed by atoms with Gasteiger partial charge in [-0.15, -0.1) is 0 Å². The SMILES string of the molecule is Cc1c(C#N)ccc2c1COCC2. The van der Waals surface area contributed by atoms with Gasteiger partial charge in [-0.25, -0.2) is 0 Å². The molecule has 0 N–H and O–H groups in total. The highest BCUT2D eigenvalue weighted by Crippen LogP contribution is 2.22. The highest BCUT2D eigenvalue weighted by Gasteiger charge is 2.13. The smallest absolute Gasteiger partial charge is 0.0994 e. The maximum atomic E-state index is 8.83. The van der Waals surface area contributed by atoms with Crippen LogP contribution in [0.2, 0.25) is 0 Å². The van der Waals surface area contributed by atoms with Gasteiger partial charge in [-0.3, -0.25) is 0 Å². The van der Waals surface area contributed by atoms with Crippen LogP contribution in [0, 0.1) is 18.3 Å². The number of rotatable bonds is 0. The molecule has 13 heavy (non-hydrogen) atoms. The molecule has 0 fully saturated rings. The van der Waals surface area contributed by atoms with E-state index >= 15 is 0 Å². The lowest BCUT2D eigenvalue weighted by atomic mass is 9.95. The van der Waals surface area contributed by atoms with Crippen molar-refractivity contribution in [1.29, 1.82) is 5.26 Å². The summed E-state index contributed by atoms with van der Waals surface area (Å²) in [6.45, 7) is 3.46. The first-order valence-corrected chi connectivity index (χ1v) is 4.42. The van der Waals surface area contributed by atoms with Gasteiger partial charge < -0.3 is 4.74 Å². The largest absolute Gasteiger partial charge is 0.376 e. The topological polar surface area (TPSA) is 33.0 Å². The van der Waals surface area contributed by atoms with Crippen molar-refractivity contribution < 1.29 is 4.74 Å². The zero-order chi connectivity index (χ0) is 9.26. The predicted octanol–water partition coefficient (Wildman–Crippen LogP) is 1.94. The summed E-state index contributed by atoms with van der Waals surface area (Å²) in [6, 6.07) is 6.14. The van der Waals surface area contributed by atoms with Crippen molar-refractivity contribution in [2.24, 2.45) is 0 Å². The fourth-order valence-corrected chi connectivity index (χ4v) is 1.73. The first kappa shape index (κ1) is 8.28. The molecule has 1 aromatic rings. The number of fused-ring (bicyclic) bond motifs is 1. The minimum absolute atomic E-state index is 0.663. The number of hydrogen-bond donors (Lipinski definition) is 0. The van der Waals surface area contributed by atoms with Gasteiger partial charge in [-0.2, -0.15) is 5.26 Å². The summed E-state index contributed by atoms with van der Waals surface area (Å²) in [6.07, 6.45) is 0.974. The van der Waals surface area contributed by atoms with Crippen LogP contribution in [-0.2, 0) is 17.8 Å². The lowest BCUT2D eigenvalue weighted by Crippen LogP contribution is -2.11. The van der Waals surface area contributed by atoms with Gasteiger partial charge in [0.05, 0.1) is 24.8 Å². The highest BCUT2D eigenvalue weighted by atomic mass is 16.5. The van der Waals surface area contributed by atoms with E-state index in [9.17, 15) is 0 Å². The van der Waals surface area contributed by atoms with Crippen LogP contribution in [0.3, 0.4) is 0 Å². The van der Waals surface area contributed by atoms with Crippen molar-refractivity contribution in [3.63, 3.8) is 0 Å². The number of nitriles is 1. The fourth-order valence-electron chi connectivity index (χ4n) is 1.73. The van der Waals surface area contributed by atoms with Crippen LogP contribution in [0.15, 0.2) is 12.1 Å². The van der Waals surface area contributed by atoms with Crippen LogP contribution < -0.4 is 0 Å². The zero-order valence-corrected chi connectivity index (χ0v) is 7.63. The third-order valence-corrected chi connectivity index (χ3v) is 2.58. The second-order valence-corrected chi connectivity index (χ2v) is 3.29. The molecule has 0 atom stereocenters. The molecule has 2 nitrogen and oxygen atoms in total. The van der Waals surface area contributed by atoms with Gasteiger partial charge in [0.15, 0.2) is 0 Å². The van der Waals surface area contributed by atoms with E-state index in [1.165, 1.54) is 11.1 Å². The third-order valence-electron chi connectivity index (χ3n) is 2.58. The average Bonchev–Trinajstić information content (AvgIpc) is 2.19. The Morgan fingerprint density at radius 1 is 1.46 bits per heavy atom. The molecule has 2 rings (SSSR count). The maximum Gasteiger partial charge on any atom is 0.0994 e.